The molecule has 6 heteroatoms. The quantitative estimate of drug-likeness (QED) is 0.668. The Kier molecular flexibility index (Phi) is 3.23. The smallest absolute Gasteiger partial charge is 0.311 e. The summed E-state index contributed by atoms with van der Waals surface area (Å²) >= 11 is 0. The molecule has 0 saturated carbocycles. The highest BCUT2D eigenvalue weighted by atomic mass is 16.6. The third-order valence-electron chi connectivity index (χ3n) is 3.61. The van der Waals surface area contributed by atoms with Gasteiger partial charge >= 0.3 is 5.69 Å². The van der Waals surface area contributed by atoms with Crippen LogP contribution in [0.1, 0.15) is 6.92 Å². The minimum atomic E-state index is -0.346. The first kappa shape index (κ1) is 12.8. The van der Waals surface area contributed by atoms with E-state index in [2.05, 4.69) is 22.1 Å². The lowest BCUT2D eigenvalue weighted by molar-refractivity contribution is -0.384. The fourth-order valence-corrected chi connectivity index (χ4v) is 2.72. The summed E-state index contributed by atoms with van der Waals surface area (Å²) < 4.78 is 0. The third kappa shape index (κ3) is 2.18. The van der Waals surface area contributed by atoms with E-state index in [1.54, 1.807) is 0 Å². The first-order chi connectivity index (χ1) is 9.66. The van der Waals surface area contributed by atoms with Crippen molar-refractivity contribution in [3.63, 3.8) is 0 Å². The molecule has 0 aliphatic carbocycles. The molecule has 0 radical (unpaired) electrons. The molecule has 104 valence electrons. The average Bonchev–Trinajstić information content (AvgIpc) is 2.46. The lowest BCUT2D eigenvalue weighted by atomic mass is 10.1. The third-order valence-corrected chi connectivity index (χ3v) is 3.61. The van der Waals surface area contributed by atoms with Crippen molar-refractivity contribution >= 4 is 22.3 Å². The number of anilines is 1. The molecule has 1 N–H and O–H groups in total. The Labute approximate surface area is 116 Å². The van der Waals surface area contributed by atoms with E-state index in [1.165, 1.54) is 6.20 Å². The first-order valence-corrected chi connectivity index (χ1v) is 6.67. The molecule has 0 unspecified atom stereocenters. The number of fused-ring (bicyclic) bond motifs is 1. The van der Waals surface area contributed by atoms with Crippen molar-refractivity contribution in [3.8, 4) is 0 Å². The Balaban J connectivity index is 2.19. The van der Waals surface area contributed by atoms with Gasteiger partial charge in [0.05, 0.1) is 10.4 Å². The van der Waals surface area contributed by atoms with Crippen molar-refractivity contribution in [3.05, 3.63) is 40.6 Å². The molecule has 1 aromatic carbocycles. The van der Waals surface area contributed by atoms with Crippen LogP contribution in [-0.2, 0) is 0 Å². The summed E-state index contributed by atoms with van der Waals surface area (Å²) in [4.78, 5) is 17.2. The molecular formula is C14H16N4O2. The molecule has 3 rings (SSSR count). The van der Waals surface area contributed by atoms with Gasteiger partial charge in [0.1, 0.15) is 11.9 Å². The van der Waals surface area contributed by atoms with E-state index in [0.717, 1.165) is 30.5 Å². The normalized spacial score (nSPS) is 19.2. The number of hydrogen-bond acceptors (Lipinski definition) is 5. The minimum absolute atomic E-state index is 0.0813. The van der Waals surface area contributed by atoms with Crippen molar-refractivity contribution in [2.45, 2.75) is 13.0 Å². The summed E-state index contributed by atoms with van der Waals surface area (Å²) in [5.74, 6) is 0. The lowest BCUT2D eigenvalue weighted by Gasteiger charge is -2.33. The molecule has 0 spiro atoms. The van der Waals surface area contributed by atoms with Crippen molar-refractivity contribution in [2.24, 2.45) is 0 Å². The second-order valence-corrected chi connectivity index (χ2v) is 5.07. The molecule has 6 nitrogen and oxygen atoms in total. The molecular weight excluding hydrogens is 256 g/mol. The Hall–Kier alpha value is -2.21. The molecule has 1 aliphatic rings. The van der Waals surface area contributed by atoms with Crippen molar-refractivity contribution in [2.75, 3.05) is 24.5 Å². The second-order valence-electron chi connectivity index (χ2n) is 5.07. The number of para-hydroxylation sites is 1. The van der Waals surface area contributed by atoms with Crippen LogP contribution in [0.25, 0.3) is 10.9 Å². The van der Waals surface area contributed by atoms with Crippen LogP contribution < -0.4 is 10.2 Å². The van der Waals surface area contributed by atoms with Crippen LogP contribution >= 0.6 is 0 Å². The first-order valence-electron chi connectivity index (χ1n) is 6.67. The van der Waals surface area contributed by atoms with Gasteiger partial charge in [-0.15, -0.1) is 0 Å². The standard InChI is InChI=1S/C14H16N4O2/c1-10-9-17(7-6-15-10)14-11-4-2-3-5-12(11)16-8-13(14)18(19)20/h2-5,8,10,15H,6-7,9H2,1H3/t10-/m1/s1. The second kappa shape index (κ2) is 5.05. The number of benzene rings is 1. The van der Waals surface area contributed by atoms with Crippen LogP contribution in [0.5, 0.6) is 0 Å². The van der Waals surface area contributed by atoms with Gasteiger partial charge in [-0.1, -0.05) is 18.2 Å². The van der Waals surface area contributed by atoms with Gasteiger partial charge < -0.3 is 10.2 Å². The maximum Gasteiger partial charge on any atom is 0.311 e. The number of nitrogens with zero attached hydrogens (tertiary/aromatic N) is 3. The van der Waals surface area contributed by atoms with Crippen LogP contribution in [0.15, 0.2) is 30.5 Å². The topological polar surface area (TPSA) is 71.3 Å². The maximum absolute atomic E-state index is 11.3. The zero-order chi connectivity index (χ0) is 14.1. The SMILES string of the molecule is C[C@@H]1CN(c2c([N+](=O)[O-])cnc3ccccc23)CCN1. The average molecular weight is 272 g/mol. The monoisotopic (exact) mass is 272 g/mol. The van der Waals surface area contributed by atoms with Gasteiger partial charge in [0.15, 0.2) is 0 Å². The van der Waals surface area contributed by atoms with Gasteiger partial charge in [0.2, 0.25) is 0 Å². The number of piperazine rings is 1. The fraction of sp³-hybridized carbons (Fsp3) is 0.357. The molecule has 0 bridgehead atoms. The number of pyridine rings is 1. The number of hydrogen-bond donors (Lipinski definition) is 1. The molecule has 1 saturated heterocycles. The van der Waals surface area contributed by atoms with Gasteiger partial charge in [0, 0.05) is 31.1 Å². The van der Waals surface area contributed by atoms with Crippen molar-refractivity contribution < 1.29 is 4.92 Å². The number of rotatable bonds is 2. The largest absolute Gasteiger partial charge is 0.363 e. The molecule has 1 aromatic heterocycles. The Morgan fingerprint density at radius 1 is 1.45 bits per heavy atom. The Bertz CT molecular complexity index is 659. The Morgan fingerprint density at radius 2 is 2.25 bits per heavy atom. The van der Waals surface area contributed by atoms with E-state index < -0.39 is 0 Å². The number of aromatic nitrogens is 1. The number of nitrogens with one attached hydrogen (secondary N) is 1. The predicted octanol–water partition coefficient (Wildman–Crippen LogP) is 1.94. The van der Waals surface area contributed by atoms with Crippen LogP contribution in [0.2, 0.25) is 0 Å². The molecule has 0 amide bonds. The van der Waals surface area contributed by atoms with E-state index in [9.17, 15) is 10.1 Å². The summed E-state index contributed by atoms with van der Waals surface area (Å²) in [6.07, 6.45) is 1.37. The summed E-state index contributed by atoms with van der Waals surface area (Å²) in [6.45, 7) is 4.43. The zero-order valence-electron chi connectivity index (χ0n) is 11.2. The maximum atomic E-state index is 11.3. The Morgan fingerprint density at radius 3 is 3.00 bits per heavy atom. The molecule has 1 aliphatic heterocycles. The number of nitro groups is 1. The van der Waals surface area contributed by atoms with E-state index in [4.69, 9.17) is 0 Å². The van der Waals surface area contributed by atoms with Crippen LogP contribution in [-0.4, -0.2) is 35.6 Å². The van der Waals surface area contributed by atoms with Gasteiger partial charge in [-0.05, 0) is 13.0 Å². The lowest BCUT2D eigenvalue weighted by Crippen LogP contribution is -2.49. The van der Waals surface area contributed by atoms with E-state index in [-0.39, 0.29) is 10.6 Å². The summed E-state index contributed by atoms with van der Waals surface area (Å²) in [5, 5.41) is 15.5. The van der Waals surface area contributed by atoms with Crippen LogP contribution in [0.3, 0.4) is 0 Å². The zero-order valence-corrected chi connectivity index (χ0v) is 11.2. The van der Waals surface area contributed by atoms with Gasteiger partial charge in [-0.3, -0.25) is 10.1 Å². The summed E-state index contributed by atoms with van der Waals surface area (Å²) in [5.41, 5.74) is 1.56. The van der Waals surface area contributed by atoms with Gasteiger partial charge in [-0.25, -0.2) is 4.98 Å². The minimum Gasteiger partial charge on any atom is -0.363 e. The molecule has 2 heterocycles. The highest BCUT2D eigenvalue weighted by molar-refractivity contribution is 5.96. The highest BCUT2D eigenvalue weighted by Gasteiger charge is 2.26. The van der Waals surface area contributed by atoms with E-state index >= 15 is 0 Å². The predicted molar refractivity (Wildman–Crippen MR) is 78.1 cm³/mol. The van der Waals surface area contributed by atoms with E-state index in [1.807, 2.05) is 24.3 Å². The van der Waals surface area contributed by atoms with Gasteiger partial charge in [-0.2, -0.15) is 0 Å². The van der Waals surface area contributed by atoms with E-state index in [0.29, 0.717) is 11.7 Å². The molecule has 1 atom stereocenters. The van der Waals surface area contributed by atoms with Crippen molar-refractivity contribution in [1.82, 2.24) is 10.3 Å². The molecule has 20 heavy (non-hydrogen) atoms. The van der Waals surface area contributed by atoms with Crippen molar-refractivity contribution in [1.29, 1.82) is 0 Å². The molecule has 1 fully saturated rings. The summed E-state index contributed by atoms with van der Waals surface area (Å²) in [6, 6.07) is 7.88. The fourth-order valence-electron chi connectivity index (χ4n) is 2.72. The van der Waals surface area contributed by atoms with Crippen LogP contribution in [0.4, 0.5) is 11.4 Å². The van der Waals surface area contributed by atoms with Gasteiger partial charge in [0.25, 0.3) is 0 Å². The summed E-state index contributed by atoms with van der Waals surface area (Å²) in [7, 11) is 0. The highest BCUT2D eigenvalue weighted by Crippen LogP contribution is 2.35. The van der Waals surface area contributed by atoms with Crippen LogP contribution in [0, 0.1) is 10.1 Å². The molecule has 2 aromatic rings.